The average molecular weight is 412 g/mol. The third kappa shape index (κ3) is 3.09. The molecule has 1 aromatic carbocycles. The second-order valence-electron chi connectivity index (χ2n) is 6.86. The molecule has 4 rings (SSSR count). The summed E-state index contributed by atoms with van der Waals surface area (Å²) in [5, 5.41) is 0. The highest BCUT2D eigenvalue weighted by molar-refractivity contribution is 7.91. The first-order valence-electron chi connectivity index (χ1n) is 9.27. The number of carbonyl (C=O) groups is 1. The quantitative estimate of drug-likeness (QED) is 0.664. The Morgan fingerprint density at radius 2 is 1.83 bits per heavy atom. The smallest absolute Gasteiger partial charge is 0.354 e. The van der Waals surface area contributed by atoms with E-state index in [9.17, 15) is 18.0 Å². The summed E-state index contributed by atoms with van der Waals surface area (Å²) in [5.41, 5.74) is 2.60. The number of fused-ring (bicyclic) bond motifs is 3. The number of benzene rings is 1. The van der Waals surface area contributed by atoms with Crippen molar-refractivity contribution in [2.24, 2.45) is 7.05 Å². The van der Waals surface area contributed by atoms with Gasteiger partial charge in [-0.25, -0.2) is 13.2 Å². The molecule has 2 aromatic heterocycles. The first kappa shape index (κ1) is 19.2. The van der Waals surface area contributed by atoms with Gasteiger partial charge in [0.2, 0.25) is 9.84 Å². The minimum Gasteiger partial charge on any atom is -0.461 e. The van der Waals surface area contributed by atoms with Gasteiger partial charge in [0.1, 0.15) is 10.6 Å². The molecule has 0 spiro atoms. The van der Waals surface area contributed by atoms with Crippen molar-refractivity contribution in [3.63, 3.8) is 0 Å². The molecule has 0 amide bonds. The van der Waals surface area contributed by atoms with E-state index in [2.05, 4.69) is 4.98 Å². The number of nitrogens with one attached hydrogen (secondary N) is 1. The zero-order chi connectivity index (χ0) is 20.8. The number of nitrogens with zero attached hydrogens (tertiary/aromatic N) is 1. The summed E-state index contributed by atoms with van der Waals surface area (Å²) in [6, 6.07) is 11.1. The van der Waals surface area contributed by atoms with Gasteiger partial charge in [0.15, 0.2) is 0 Å². The number of aryl methyl sites for hydroxylation is 2. The number of hydrogen-bond acceptors (Lipinski definition) is 5. The average Bonchev–Trinajstić information content (AvgIpc) is 3.05. The van der Waals surface area contributed by atoms with Gasteiger partial charge in [0.25, 0.3) is 5.56 Å². The predicted octanol–water partition coefficient (Wildman–Crippen LogP) is 2.49. The van der Waals surface area contributed by atoms with E-state index in [1.165, 1.54) is 18.2 Å². The van der Waals surface area contributed by atoms with Gasteiger partial charge >= 0.3 is 5.97 Å². The predicted molar refractivity (Wildman–Crippen MR) is 107 cm³/mol. The van der Waals surface area contributed by atoms with Gasteiger partial charge in [-0.2, -0.15) is 0 Å². The number of esters is 1. The third-order valence-electron chi connectivity index (χ3n) is 5.13. The zero-order valence-electron chi connectivity index (χ0n) is 16.1. The molecule has 8 heteroatoms. The molecule has 0 fully saturated rings. The number of pyridine rings is 1. The first-order chi connectivity index (χ1) is 13.8. The van der Waals surface area contributed by atoms with E-state index in [-0.39, 0.29) is 16.4 Å². The third-order valence-corrected chi connectivity index (χ3v) is 6.90. The van der Waals surface area contributed by atoms with Crippen molar-refractivity contribution < 1.29 is 17.9 Å². The Labute approximate surface area is 167 Å². The van der Waals surface area contributed by atoms with E-state index < -0.39 is 21.4 Å². The maximum absolute atomic E-state index is 12.9. The fourth-order valence-corrected chi connectivity index (χ4v) is 5.10. The molecule has 29 heavy (non-hydrogen) atoms. The van der Waals surface area contributed by atoms with Crippen molar-refractivity contribution in [1.29, 1.82) is 0 Å². The van der Waals surface area contributed by atoms with Crippen molar-refractivity contribution in [1.82, 2.24) is 9.55 Å². The SMILES string of the molecule is CCOC(=O)c1cc2c(n1C)-c1[nH]c(=O)c(S(=O)(=O)c3ccccc3)cc1CC2. The van der Waals surface area contributed by atoms with Gasteiger partial charge in [-0.05, 0) is 55.2 Å². The van der Waals surface area contributed by atoms with Crippen LogP contribution in [-0.4, -0.2) is 30.5 Å². The Balaban J connectivity index is 1.86. The van der Waals surface area contributed by atoms with Gasteiger partial charge in [0, 0.05) is 7.05 Å². The Kier molecular flexibility index (Phi) is 4.66. The maximum atomic E-state index is 12.9. The highest BCUT2D eigenvalue weighted by atomic mass is 32.2. The largest absolute Gasteiger partial charge is 0.461 e. The molecule has 0 radical (unpaired) electrons. The van der Waals surface area contributed by atoms with Gasteiger partial charge < -0.3 is 14.3 Å². The molecule has 0 unspecified atom stereocenters. The first-order valence-corrected chi connectivity index (χ1v) is 10.7. The second-order valence-corrected chi connectivity index (χ2v) is 8.78. The lowest BCUT2D eigenvalue weighted by molar-refractivity contribution is 0.0515. The number of hydrogen-bond donors (Lipinski definition) is 1. The van der Waals surface area contributed by atoms with E-state index in [1.54, 1.807) is 42.8 Å². The molecule has 150 valence electrons. The summed E-state index contributed by atoms with van der Waals surface area (Å²) in [4.78, 5) is 27.5. The molecule has 0 saturated carbocycles. The van der Waals surface area contributed by atoms with Crippen LogP contribution < -0.4 is 5.56 Å². The molecule has 1 N–H and O–H groups in total. The van der Waals surface area contributed by atoms with Crippen LogP contribution in [0.1, 0.15) is 28.5 Å². The lowest BCUT2D eigenvalue weighted by atomic mass is 9.94. The number of H-pyrrole nitrogens is 1. The number of rotatable bonds is 4. The lowest BCUT2D eigenvalue weighted by Crippen LogP contribution is -2.22. The number of ether oxygens (including phenoxy) is 1. The number of sulfone groups is 1. The van der Waals surface area contributed by atoms with Gasteiger partial charge in [-0.3, -0.25) is 4.79 Å². The van der Waals surface area contributed by atoms with Crippen LogP contribution >= 0.6 is 0 Å². The van der Waals surface area contributed by atoms with E-state index in [4.69, 9.17) is 4.74 Å². The highest BCUT2D eigenvalue weighted by Crippen LogP contribution is 2.34. The summed E-state index contributed by atoms with van der Waals surface area (Å²) < 4.78 is 32.7. The summed E-state index contributed by atoms with van der Waals surface area (Å²) in [6.45, 7) is 2.01. The fourth-order valence-electron chi connectivity index (χ4n) is 3.74. The molecule has 0 aliphatic heterocycles. The van der Waals surface area contributed by atoms with Crippen molar-refractivity contribution in [2.75, 3.05) is 6.61 Å². The van der Waals surface area contributed by atoms with Crippen LogP contribution in [0.15, 0.2) is 57.1 Å². The van der Waals surface area contributed by atoms with Gasteiger partial charge in [-0.15, -0.1) is 0 Å². The van der Waals surface area contributed by atoms with Crippen molar-refractivity contribution in [2.45, 2.75) is 29.6 Å². The summed E-state index contributed by atoms with van der Waals surface area (Å²) in [5.74, 6) is -0.434. The van der Waals surface area contributed by atoms with E-state index in [0.29, 0.717) is 29.9 Å². The monoisotopic (exact) mass is 412 g/mol. The van der Waals surface area contributed by atoms with Crippen LogP contribution in [0.5, 0.6) is 0 Å². The van der Waals surface area contributed by atoms with Crippen LogP contribution in [0.3, 0.4) is 0 Å². The minimum absolute atomic E-state index is 0.0745. The normalized spacial score (nSPS) is 12.9. The summed E-state index contributed by atoms with van der Waals surface area (Å²) >= 11 is 0. The van der Waals surface area contributed by atoms with Crippen LogP contribution in [0, 0.1) is 0 Å². The number of aromatic amines is 1. The van der Waals surface area contributed by atoms with Crippen LogP contribution in [0.2, 0.25) is 0 Å². The van der Waals surface area contributed by atoms with Crippen molar-refractivity contribution in [3.8, 4) is 11.4 Å². The zero-order valence-corrected chi connectivity index (χ0v) is 16.9. The molecule has 1 aliphatic rings. The van der Waals surface area contributed by atoms with E-state index in [1.807, 2.05) is 0 Å². The number of aromatic nitrogens is 2. The van der Waals surface area contributed by atoms with E-state index in [0.717, 1.165) is 11.1 Å². The lowest BCUT2D eigenvalue weighted by Gasteiger charge is -2.19. The van der Waals surface area contributed by atoms with Crippen molar-refractivity contribution in [3.05, 3.63) is 69.6 Å². The molecule has 1 aliphatic carbocycles. The molecular formula is C21H20N2O5S. The number of carbonyl (C=O) groups excluding carboxylic acids is 1. The fraction of sp³-hybridized carbons (Fsp3) is 0.238. The maximum Gasteiger partial charge on any atom is 0.354 e. The molecule has 2 heterocycles. The summed E-state index contributed by atoms with van der Waals surface area (Å²) in [7, 11) is -2.20. The topological polar surface area (TPSA) is 98.2 Å². The van der Waals surface area contributed by atoms with Crippen LogP contribution in [-0.2, 0) is 34.5 Å². The van der Waals surface area contributed by atoms with Crippen molar-refractivity contribution >= 4 is 15.8 Å². The molecular weight excluding hydrogens is 392 g/mol. The molecule has 7 nitrogen and oxygen atoms in total. The summed E-state index contributed by atoms with van der Waals surface area (Å²) in [6.07, 6.45) is 1.19. The Morgan fingerprint density at radius 3 is 2.52 bits per heavy atom. The van der Waals surface area contributed by atoms with Crippen LogP contribution in [0.25, 0.3) is 11.4 Å². The van der Waals surface area contributed by atoms with E-state index >= 15 is 0 Å². The standard InChI is InChI=1S/C21H20N2O5S/c1-3-28-21(25)16-11-14-10-9-13-12-17(20(24)22-18(13)19(14)23(16)2)29(26,27)15-7-5-4-6-8-15/h4-8,11-12H,3,9-10H2,1-2H3,(H,22,24). The molecule has 0 atom stereocenters. The highest BCUT2D eigenvalue weighted by Gasteiger charge is 2.29. The molecule has 0 saturated heterocycles. The Bertz CT molecular complexity index is 1270. The minimum atomic E-state index is -3.93. The molecule has 0 bridgehead atoms. The van der Waals surface area contributed by atoms with Gasteiger partial charge in [0.05, 0.1) is 22.9 Å². The second kappa shape index (κ2) is 7.04. The van der Waals surface area contributed by atoms with Gasteiger partial charge in [-0.1, -0.05) is 18.2 Å². The van der Waals surface area contributed by atoms with Crippen LogP contribution in [0.4, 0.5) is 0 Å². The Morgan fingerprint density at radius 1 is 1.14 bits per heavy atom. The Hall–Kier alpha value is -3.13. The molecule has 3 aromatic rings.